The number of hydrogen-bond acceptors (Lipinski definition) is 4. The van der Waals surface area contributed by atoms with Crippen LogP contribution in [0.3, 0.4) is 0 Å². The van der Waals surface area contributed by atoms with Gasteiger partial charge in [-0.2, -0.15) is 0 Å². The number of likely N-dealkylation sites (N-methyl/N-ethyl adjacent to an activating group) is 1. The maximum Gasteiger partial charge on any atom is 0.246 e. The lowest BCUT2D eigenvalue weighted by atomic mass is 10.0. The first-order chi connectivity index (χ1) is 9.56. The fourth-order valence-corrected chi connectivity index (χ4v) is 2.74. The predicted octanol–water partition coefficient (Wildman–Crippen LogP) is 1.64. The van der Waals surface area contributed by atoms with Gasteiger partial charge in [0.15, 0.2) is 0 Å². The molecule has 2 fully saturated rings. The molecule has 1 aliphatic carbocycles. The molecule has 5 heteroatoms. The Hall–Kier alpha value is -1.62. The van der Waals surface area contributed by atoms with Crippen LogP contribution in [-0.4, -0.2) is 29.8 Å². The van der Waals surface area contributed by atoms with Gasteiger partial charge in [-0.1, -0.05) is 6.92 Å². The molecule has 0 bridgehead atoms. The fraction of sp³-hybridized carbons (Fsp3) is 0.600. The molecule has 1 saturated carbocycles. The van der Waals surface area contributed by atoms with E-state index in [0.29, 0.717) is 25.3 Å². The number of carbonyl (C=O) groups excluding carboxylic acids is 2. The first-order valence-corrected chi connectivity index (χ1v) is 7.18. The summed E-state index contributed by atoms with van der Waals surface area (Å²) in [5, 5.41) is 3.19. The van der Waals surface area contributed by atoms with Gasteiger partial charge in [-0.25, -0.2) is 0 Å². The molecule has 5 nitrogen and oxygen atoms in total. The average Bonchev–Trinajstić information content (AvgIpc) is 2.98. The third kappa shape index (κ3) is 2.50. The highest BCUT2D eigenvalue weighted by Crippen LogP contribution is 2.47. The van der Waals surface area contributed by atoms with Crippen LogP contribution in [0, 0.1) is 5.92 Å². The van der Waals surface area contributed by atoms with E-state index in [9.17, 15) is 9.59 Å². The van der Waals surface area contributed by atoms with Gasteiger partial charge in [0.05, 0.1) is 12.6 Å². The molecular weight excluding hydrogens is 256 g/mol. The molecule has 2 heterocycles. The van der Waals surface area contributed by atoms with Crippen molar-refractivity contribution in [3.8, 4) is 0 Å². The highest BCUT2D eigenvalue weighted by Gasteiger charge is 2.36. The maximum absolute atomic E-state index is 11.9. The van der Waals surface area contributed by atoms with Crippen molar-refractivity contribution in [1.82, 2.24) is 10.2 Å². The van der Waals surface area contributed by atoms with Crippen LogP contribution in [0.15, 0.2) is 16.5 Å². The highest BCUT2D eigenvalue weighted by atomic mass is 16.3. The second kappa shape index (κ2) is 5.05. The zero-order valence-electron chi connectivity index (χ0n) is 11.9. The van der Waals surface area contributed by atoms with Crippen molar-refractivity contribution >= 4 is 11.8 Å². The molecule has 108 valence electrons. The quantitative estimate of drug-likeness (QED) is 0.849. The van der Waals surface area contributed by atoms with Crippen molar-refractivity contribution in [1.29, 1.82) is 0 Å². The van der Waals surface area contributed by atoms with E-state index in [1.807, 2.05) is 12.1 Å². The molecule has 1 aliphatic heterocycles. The van der Waals surface area contributed by atoms with Gasteiger partial charge in [-0.15, -0.1) is 0 Å². The van der Waals surface area contributed by atoms with E-state index in [2.05, 4.69) is 12.2 Å². The van der Waals surface area contributed by atoms with E-state index < -0.39 is 0 Å². The average molecular weight is 276 g/mol. The monoisotopic (exact) mass is 276 g/mol. The normalized spacial score (nSPS) is 29.9. The van der Waals surface area contributed by atoms with E-state index in [1.54, 1.807) is 0 Å². The zero-order valence-corrected chi connectivity index (χ0v) is 11.9. The Morgan fingerprint density at radius 3 is 2.85 bits per heavy atom. The summed E-state index contributed by atoms with van der Waals surface area (Å²) in [4.78, 5) is 24.5. The molecule has 3 atom stereocenters. The van der Waals surface area contributed by atoms with Crippen molar-refractivity contribution in [2.24, 2.45) is 5.92 Å². The van der Waals surface area contributed by atoms with Crippen LogP contribution in [0.25, 0.3) is 0 Å². The van der Waals surface area contributed by atoms with Gasteiger partial charge in [0.25, 0.3) is 0 Å². The van der Waals surface area contributed by atoms with E-state index in [4.69, 9.17) is 4.42 Å². The summed E-state index contributed by atoms with van der Waals surface area (Å²) in [6, 6.07) is 3.71. The van der Waals surface area contributed by atoms with Gasteiger partial charge in [-0.05, 0) is 30.9 Å². The number of carbonyl (C=O) groups is 2. The third-order valence-corrected chi connectivity index (χ3v) is 4.33. The van der Waals surface area contributed by atoms with Crippen LogP contribution in [0.2, 0.25) is 0 Å². The van der Waals surface area contributed by atoms with E-state index >= 15 is 0 Å². The molecule has 2 aliphatic rings. The van der Waals surface area contributed by atoms with Crippen molar-refractivity contribution in [2.45, 2.75) is 44.7 Å². The van der Waals surface area contributed by atoms with Crippen LogP contribution in [-0.2, 0) is 16.1 Å². The Kier molecular flexibility index (Phi) is 3.38. The number of furan rings is 1. The van der Waals surface area contributed by atoms with Crippen LogP contribution in [0.5, 0.6) is 0 Å². The minimum atomic E-state index is -0.286. The van der Waals surface area contributed by atoms with Crippen molar-refractivity contribution in [3.63, 3.8) is 0 Å². The minimum Gasteiger partial charge on any atom is -0.464 e. The third-order valence-electron chi connectivity index (χ3n) is 4.33. The molecule has 3 unspecified atom stereocenters. The largest absolute Gasteiger partial charge is 0.464 e. The molecule has 2 amide bonds. The molecule has 20 heavy (non-hydrogen) atoms. The van der Waals surface area contributed by atoms with Crippen molar-refractivity contribution < 1.29 is 14.0 Å². The van der Waals surface area contributed by atoms with Crippen LogP contribution in [0.4, 0.5) is 0 Å². The van der Waals surface area contributed by atoms with Gasteiger partial charge >= 0.3 is 0 Å². The molecule has 3 rings (SSSR count). The van der Waals surface area contributed by atoms with Gasteiger partial charge in [0, 0.05) is 19.4 Å². The number of rotatable bonds is 4. The second-order valence-corrected chi connectivity index (χ2v) is 5.89. The molecular formula is C15H20N2O3. The number of nitrogens with zero attached hydrogens (tertiary/aromatic N) is 1. The number of nitrogens with one attached hydrogen (secondary N) is 1. The summed E-state index contributed by atoms with van der Waals surface area (Å²) < 4.78 is 5.80. The van der Waals surface area contributed by atoms with Crippen molar-refractivity contribution in [2.75, 3.05) is 7.05 Å². The van der Waals surface area contributed by atoms with E-state index in [-0.39, 0.29) is 17.9 Å². The van der Waals surface area contributed by atoms with Gasteiger partial charge in [-0.3, -0.25) is 19.8 Å². The van der Waals surface area contributed by atoms with Gasteiger partial charge in [0.2, 0.25) is 11.8 Å². The van der Waals surface area contributed by atoms with E-state index in [0.717, 1.165) is 17.4 Å². The molecule has 1 aromatic heterocycles. The Morgan fingerprint density at radius 1 is 1.40 bits per heavy atom. The lowest BCUT2D eigenvalue weighted by molar-refractivity contribution is -0.148. The summed E-state index contributed by atoms with van der Waals surface area (Å²) in [6.07, 6.45) is 2.19. The standard InChI is InChI=1S/C15H20N2O3/c1-9-7-11(9)13-5-3-10(20-13)8-16-12-4-6-14(18)17(2)15(12)19/h3,5,9,11-12,16H,4,6-8H2,1-2H3. The first kappa shape index (κ1) is 13.4. The SMILES string of the molecule is CC1CC1c1ccc(CNC2CCC(=O)N(C)C2=O)o1. The van der Waals surface area contributed by atoms with Crippen LogP contribution >= 0.6 is 0 Å². The Morgan fingerprint density at radius 2 is 2.15 bits per heavy atom. The number of likely N-dealkylation sites (tertiary alicyclic amines) is 1. The number of hydrogen-bond donors (Lipinski definition) is 1. The number of imide groups is 1. The summed E-state index contributed by atoms with van der Waals surface area (Å²) in [7, 11) is 1.54. The number of piperidine rings is 1. The zero-order chi connectivity index (χ0) is 14.3. The molecule has 0 radical (unpaired) electrons. The van der Waals surface area contributed by atoms with Crippen molar-refractivity contribution in [3.05, 3.63) is 23.7 Å². The van der Waals surface area contributed by atoms with Crippen LogP contribution in [0.1, 0.15) is 43.6 Å². The summed E-state index contributed by atoms with van der Waals surface area (Å²) in [5.41, 5.74) is 0. The molecule has 1 saturated heterocycles. The molecule has 1 aromatic rings. The number of amides is 2. The molecule has 1 N–H and O–H groups in total. The second-order valence-electron chi connectivity index (χ2n) is 5.89. The maximum atomic E-state index is 11.9. The first-order valence-electron chi connectivity index (χ1n) is 7.18. The smallest absolute Gasteiger partial charge is 0.246 e. The molecule has 0 aromatic carbocycles. The van der Waals surface area contributed by atoms with Crippen LogP contribution < -0.4 is 5.32 Å². The lowest BCUT2D eigenvalue weighted by Gasteiger charge is -2.28. The lowest BCUT2D eigenvalue weighted by Crippen LogP contribution is -2.51. The predicted molar refractivity (Wildman–Crippen MR) is 72.9 cm³/mol. The highest BCUT2D eigenvalue weighted by molar-refractivity contribution is 6.00. The van der Waals surface area contributed by atoms with E-state index in [1.165, 1.54) is 18.4 Å². The van der Waals surface area contributed by atoms with Gasteiger partial charge < -0.3 is 4.42 Å². The Bertz CT molecular complexity index is 537. The summed E-state index contributed by atoms with van der Waals surface area (Å²) in [6.45, 7) is 2.75. The van der Waals surface area contributed by atoms with Gasteiger partial charge in [0.1, 0.15) is 11.5 Å². The topological polar surface area (TPSA) is 62.6 Å². The fourth-order valence-electron chi connectivity index (χ4n) is 2.74. The Labute approximate surface area is 118 Å². The molecule has 0 spiro atoms. The Balaban J connectivity index is 1.55. The minimum absolute atomic E-state index is 0.101. The summed E-state index contributed by atoms with van der Waals surface area (Å²) in [5.74, 6) is 2.95. The summed E-state index contributed by atoms with van der Waals surface area (Å²) >= 11 is 0.